The van der Waals surface area contributed by atoms with Crippen LogP contribution < -0.4 is 4.74 Å². The molecule has 0 unspecified atom stereocenters. The predicted molar refractivity (Wildman–Crippen MR) is 157 cm³/mol. The second-order valence-corrected chi connectivity index (χ2v) is 10.1. The molecule has 0 bridgehead atoms. The molecule has 0 aliphatic carbocycles. The van der Waals surface area contributed by atoms with Crippen LogP contribution in [0.4, 0.5) is 23.2 Å². The predicted octanol–water partition coefficient (Wildman–Crippen LogP) is 7.86. The van der Waals surface area contributed by atoms with Crippen LogP contribution in [-0.4, -0.2) is 31.9 Å². The van der Waals surface area contributed by atoms with E-state index in [1.807, 2.05) is 35.8 Å². The molecule has 0 radical (unpaired) electrons. The lowest BCUT2D eigenvalue weighted by atomic mass is 10.1. The molecule has 44 heavy (non-hydrogen) atoms. The summed E-state index contributed by atoms with van der Waals surface area (Å²) in [5.74, 6) is -0.722. The van der Waals surface area contributed by atoms with Gasteiger partial charge in [-0.25, -0.2) is 14.2 Å². The summed E-state index contributed by atoms with van der Waals surface area (Å²) in [6.45, 7) is 11.7. The normalized spacial score (nSPS) is 12.1. The van der Waals surface area contributed by atoms with Gasteiger partial charge in [0.15, 0.2) is 5.69 Å². The maximum absolute atomic E-state index is 14.4. The van der Waals surface area contributed by atoms with Gasteiger partial charge in [-0.2, -0.15) is 13.2 Å². The summed E-state index contributed by atoms with van der Waals surface area (Å²) in [4.78, 5) is 27.9. The van der Waals surface area contributed by atoms with Crippen LogP contribution in [0.15, 0.2) is 85.2 Å². The third-order valence-corrected chi connectivity index (χ3v) is 7.13. The van der Waals surface area contributed by atoms with Crippen molar-refractivity contribution in [1.29, 1.82) is 0 Å². The summed E-state index contributed by atoms with van der Waals surface area (Å²) in [6, 6.07) is 17.9. The maximum atomic E-state index is 14.4. The molecular weight excluding hydrogens is 574 g/mol. The van der Waals surface area contributed by atoms with Crippen molar-refractivity contribution in [3.63, 3.8) is 0 Å². The third-order valence-electron chi connectivity index (χ3n) is 7.13. The van der Waals surface area contributed by atoms with E-state index in [4.69, 9.17) is 16.3 Å². The van der Waals surface area contributed by atoms with Crippen LogP contribution in [-0.2, 0) is 23.9 Å². The first-order chi connectivity index (χ1) is 21.1. The highest BCUT2D eigenvalue weighted by Gasteiger charge is 2.34. The monoisotopic (exact) mass is 601 g/mol. The van der Waals surface area contributed by atoms with Gasteiger partial charge in [0, 0.05) is 24.6 Å². The molecule has 0 aliphatic heterocycles. The number of fused-ring (bicyclic) bond motifs is 1. The number of alkyl halides is 3. The number of aromatic nitrogens is 3. The van der Waals surface area contributed by atoms with Crippen molar-refractivity contribution in [3.8, 4) is 11.4 Å². The van der Waals surface area contributed by atoms with E-state index in [0.29, 0.717) is 46.5 Å². The van der Waals surface area contributed by atoms with Gasteiger partial charge in [0.1, 0.15) is 17.4 Å². The summed E-state index contributed by atoms with van der Waals surface area (Å²) >= 11 is 0. The highest BCUT2D eigenvalue weighted by molar-refractivity contribution is 5.83. The summed E-state index contributed by atoms with van der Waals surface area (Å²) < 4.78 is 61.2. The van der Waals surface area contributed by atoms with Gasteiger partial charge in [0.05, 0.1) is 42.2 Å². The van der Waals surface area contributed by atoms with Gasteiger partial charge in [-0.1, -0.05) is 18.2 Å². The van der Waals surface area contributed by atoms with Crippen LogP contribution >= 0.6 is 0 Å². The largest absolute Gasteiger partial charge is 0.494 e. The standard InChI is InChI=1S/C33H27F4N5O2/c1-4-44-26-11-9-25(10-12-26)42-30-14-8-24(38-3)18-29(30)40-32(42)21(2)41(20-23-6-5-15-39-19-23)31(43)17-22-7-13-27(28(34)16-22)33(35,36)37/h5-16,18-19,21H,4,17,20H2,1-2H3/t21-/m1/s1. The number of hydrogen-bond donors (Lipinski definition) is 0. The Labute approximate surface area is 251 Å². The van der Waals surface area contributed by atoms with Crippen LogP contribution in [0.25, 0.3) is 21.6 Å². The van der Waals surface area contributed by atoms with Gasteiger partial charge in [-0.15, -0.1) is 0 Å². The summed E-state index contributed by atoms with van der Waals surface area (Å²) in [5.41, 5.74) is 1.83. The molecule has 0 saturated carbocycles. The molecule has 2 aromatic heterocycles. The van der Waals surface area contributed by atoms with Crippen molar-refractivity contribution in [2.24, 2.45) is 0 Å². The van der Waals surface area contributed by atoms with E-state index >= 15 is 0 Å². The lowest BCUT2D eigenvalue weighted by Gasteiger charge is -2.30. The van der Waals surface area contributed by atoms with Crippen LogP contribution in [0.5, 0.6) is 5.75 Å². The van der Waals surface area contributed by atoms with Gasteiger partial charge in [-0.3, -0.25) is 14.3 Å². The minimum Gasteiger partial charge on any atom is -0.494 e. The topological polar surface area (TPSA) is 64.6 Å². The highest BCUT2D eigenvalue weighted by atomic mass is 19.4. The number of nitrogens with zero attached hydrogens (tertiary/aromatic N) is 5. The van der Waals surface area contributed by atoms with Gasteiger partial charge in [-0.05, 0) is 79.6 Å². The molecule has 5 rings (SSSR count). The first kappa shape index (κ1) is 30.2. The molecule has 1 atom stereocenters. The molecule has 2 heterocycles. The fourth-order valence-electron chi connectivity index (χ4n) is 5.01. The van der Waals surface area contributed by atoms with Crippen molar-refractivity contribution in [2.45, 2.75) is 39.0 Å². The molecule has 0 aliphatic rings. The lowest BCUT2D eigenvalue weighted by molar-refractivity contribution is -0.140. The number of ether oxygens (including phenoxy) is 1. The zero-order chi connectivity index (χ0) is 31.4. The number of amides is 1. The Hall–Kier alpha value is -5.24. The zero-order valence-corrected chi connectivity index (χ0v) is 23.8. The SMILES string of the molecule is [C-]#[N+]c1ccc2c(c1)nc([C@@H](C)N(Cc1cccnc1)C(=O)Cc1ccc(C(F)(F)F)c(F)c1)n2-c1ccc(OCC)cc1. The van der Waals surface area contributed by atoms with E-state index in [1.165, 1.54) is 4.90 Å². The number of carbonyl (C=O) groups is 1. The first-order valence-corrected chi connectivity index (χ1v) is 13.8. The number of benzene rings is 3. The summed E-state index contributed by atoms with van der Waals surface area (Å²) in [5, 5.41) is 0. The van der Waals surface area contributed by atoms with Gasteiger partial charge >= 0.3 is 6.18 Å². The van der Waals surface area contributed by atoms with E-state index in [9.17, 15) is 22.4 Å². The van der Waals surface area contributed by atoms with Crippen molar-refractivity contribution >= 4 is 22.6 Å². The van der Waals surface area contributed by atoms with Crippen molar-refractivity contribution in [2.75, 3.05) is 6.61 Å². The number of halogens is 4. The first-order valence-electron chi connectivity index (χ1n) is 13.8. The second kappa shape index (κ2) is 12.6. The molecule has 7 nitrogen and oxygen atoms in total. The molecular formula is C33H27F4N5O2. The fourth-order valence-corrected chi connectivity index (χ4v) is 5.01. The second-order valence-electron chi connectivity index (χ2n) is 10.1. The highest BCUT2D eigenvalue weighted by Crippen LogP contribution is 2.34. The summed E-state index contributed by atoms with van der Waals surface area (Å²) in [7, 11) is 0. The van der Waals surface area contributed by atoms with E-state index in [-0.39, 0.29) is 18.5 Å². The number of pyridine rings is 1. The Bertz CT molecular complexity index is 1830. The minimum atomic E-state index is -4.85. The average Bonchev–Trinajstić information content (AvgIpc) is 3.38. The van der Waals surface area contributed by atoms with E-state index in [0.717, 1.165) is 17.8 Å². The quantitative estimate of drug-likeness (QED) is 0.127. The smallest absolute Gasteiger partial charge is 0.419 e. The van der Waals surface area contributed by atoms with E-state index < -0.39 is 29.5 Å². The van der Waals surface area contributed by atoms with Crippen molar-refractivity contribution in [1.82, 2.24) is 19.4 Å². The molecule has 0 saturated heterocycles. The molecule has 224 valence electrons. The van der Waals surface area contributed by atoms with Crippen LogP contribution in [0, 0.1) is 12.4 Å². The number of rotatable bonds is 9. The Morgan fingerprint density at radius 2 is 1.84 bits per heavy atom. The van der Waals surface area contributed by atoms with E-state index in [1.54, 1.807) is 49.6 Å². The Balaban J connectivity index is 1.58. The fraction of sp³-hybridized carbons (Fsp3) is 0.212. The Morgan fingerprint density at radius 1 is 1.07 bits per heavy atom. The summed E-state index contributed by atoms with van der Waals surface area (Å²) in [6.07, 6.45) is -1.97. The molecule has 0 N–H and O–H groups in total. The van der Waals surface area contributed by atoms with Gasteiger partial charge < -0.3 is 9.64 Å². The van der Waals surface area contributed by atoms with Crippen LogP contribution in [0.1, 0.15) is 42.4 Å². The minimum absolute atomic E-state index is 0.102. The molecule has 1 amide bonds. The van der Waals surface area contributed by atoms with Gasteiger partial charge in [0.25, 0.3) is 0 Å². The van der Waals surface area contributed by atoms with Crippen LogP contribution in [0.2, 0.25) is 0 Å². The third kappa shape index (κ3) is 6.39. The Morgan fingerprint density at radius 3 is 2.48 bits per heavy atom. The number of carbonyl (C=O) groups excluding carboxylic acids is 1. The maximum Gasteiger partial charge on any atom is 0.419 e. The van der Waals surface area contributed by atoms with E-state index in [2.05, 4.69) is 9.83 Å². The Kier molecular flexibility index (Phi) is 8.62. The van der Waals surface area contributed by atoms with Crippen molar-refractivity contribution in [3.05, 3.63) is 125 Å². The van der Waals surface area contributed by atoms with Gasteiger partial charge in [0.2, 0.25) is 5.91 Å². The van der Waals surface area contributed by atoms with Crippen molar-refractivity contribution < 1.29 is 27.1 Å². The molecule has 0 spiro atoms. The molecule has 0 fully saturated rings. The molecule has 3 aromatic carbocycles. The molecule has 5 aromatic rings. The lowest BCUT2D eigenvalue weighted by Crippen LogP contribution is -2.35. The zero-order valence-electron chi connectivity index (χ0n) is 23.8. The number of hydrogen-bond acceptors (Lipinski definition) is 4. The van der Waals surface area contributed by atoms with Crippen LogP contribution in [0.3, 0.4) is 0 Å². The molecule has 11 heteroatoms. The average molecular weight is 602 g/mol. The number of imidazole rings is 1.